The minimum atomic E-state index is 0.545. The van der Waals surface area contributed by atoms with E-state index in [1.165, 1.54) is 70.6 Å². The third kappa shape index (κ3) is 2.54. The molecular formula is C16H29N. The second kappa shape index (κ2) is 5.30. The number of fused-ring (bicyclic) bond motifs is 2. The topological polar surface area (TPSA) is 26.0 Å². The number of nitrogens with two attached hydrogens (primary N) is 1. The van der Waals surface area contributed by atoms with E-state index in [4.69, 9.17) is 5.73 Å². The normalized spacial score (nSPS) is 41.1. The molecule has 0 aliphatic heterocycles. The first kappa shape index (κ1) is 12.0. The van der Waals surface area contributed by atoms with Crippen molar-refractivity contribution in [3.63, 3.8) is 0 Å². The van der Waals surface area contributed by atoms with Gasteiger partial charge >= 0.3 is 0 Å². The fourth-order valence-corrected chi connectivity index (χ4v) is 4.99. The van der Waals surface area contributed by atoms with Crippen molar-refractivity contribution >= 4 is 0 Å². The van der Waals surface area contributed by atoms with Crippen LogP contribution >= 0.6 is 0 Å². The van der Waals surface area contributed by atoms with Gasteiger partial charge in [-0.25, -0.2) is 0 Å². The minimum Gasteiger partial charge on any atom is -0.327 e. The summed E-state index contributed by atoms with van der Waals surface area (Å²) in [6, 6.07) is 0.545. The molecule has 4 atom stereocenters. The average Bonchev–Trinajstić information content (AvgIpc) is 2.89. The van der Waals surface area contributed by atoms with Gasteiger partial charge in [0.05, 0.1) is 0 Å². The molecule has 1 heteroatoms. The van der Waals surface area contributed by atoms with E-state index in [1.807, 2.05) is 0 Å². The highest BCUT2D eigenvalue weighted by Gasteiger charge is 2.43. The van der Waals surface area contributed by atoms with E-state index >= 15 is 0 Å². The van der Waals surface area contributed by atoms with Gasteiger partial charge in [0.1, 0.15) is 0 Å². The summed E-state index contributed by atoms with van der Waals surface area (Å²) in [7, 11) is 0. The van der Waals surface area contributed by atoms with Gasteiger partial charge in [0, 0.05) is 6.04 Å². The zero-order valence-corrected chi connectivity index (χ0v) is 11.2. The molecule has 0 aromatic heterocycles. The van der Waals surface area contributed by atoms with Crippen molar-refractivity contribution < 1.29 is 0 Å². The summed E-state index contributed by atoms with van der Waals surface area (Å²) in [4.78, 5) is 0. The van der Waals surface area contributed by atoms with Gasteiger partial charge in [-0.3, -0.25) is 0 Å². The van der Waals surface area contributed by atoms with Gasteiger partial charge in [-0.15, -0.1) is 0 Å². The van der Waals surface area contributed by atoms with Crippen molar-refractivity contribution in [2.45, 2.75) is 76.7 Å². The summed E-state index contributed by atoms with van der Waals surface area (Å²) in [5.41, 5.74) is 6.66. The van der Waals surface area contributed by atoms with Crippen LogP contribution in [0, 0.1) is 23.7 Å². The van der Waals surface area contributed by atoms with Gasteiger partial charge in [-0.05, 0) is 55.8 Å². The Morgan fingerprint density at radius 3 is 2.06 bits per heavy atom. The number of rotatable bonds is 2. The Morgan fingerprint density at radius 2 is 1.47 bits per heavy atom. The Kier molecular flexibility index (Phi) is 3.75. The van der Waals surface area contributed by atoms with E-state index < -0.39 is 0 Å². The predicted molar refractivity (Wildman–Crippen MR) is 72.7 cm³/mol. The molecule has 3 saturated carbocycles. The van der Waals surface area contributed by atoms with E-state index in [0.29, 0.717) is 6.04 Å². The summed E-state index contributed by atoms with van der Waals surface area (Å²) < 4.78 is 0. The highest BCUT2D eigenvalue weighted by atomic mass is 14.7. The van der Waals surface area contributed by atoms with Crippen LogP contribution in [0.15, 0.2) is 0 Å². The van der Waals surface area contributed by atoms with E-state index in [-0.39, 0.29) is 0 Å². The standard InChI is InChI=1S/C16H29N/c17-16(13-6-4-2-1-3-5-7-13)15-11-12-8-9-14(15)10-12/h12-16H,1-11,17H2. The van der Waals surface area contributed by atoms with Crippen LogP contribution in [-0.2, 0) is 0 Å². The molecule has 3 aliphatic rings. The third-order valence-electron chi connectivity index (χ3n) is 5.98. The smallest absolute Gasteiger partial charge is 0.00983 e. The first-order valence-corrected chi connectivity index (χ1v) is 8.10. The van der Waals surface area contributed by atoms with Crippen LogP contribution in [0.25, 0.3) is 0 Å². The Labute approximate surface area is 107 Å². The maximum absolute atomic E-state index is 6.66. The van der Waals surface area contributed by atoms with Crippen LogP contribution in [0.5, 0.6) is 0 Å². The first-order valence-electron chi connectivity index (χ1n) is 8.10. The van der Waals surface area contributed by atoms with Crippen molar-refractivity contribution in [3.8, 4) is 0 Å². The fraction of sp³-hybridized carbons (Fsp3) is 1.00. The molecule has 0 heterocycles. The lowest BCUT2D eigenvalue weighted by molar-refractivity contribution is 0.200. The van der Waals surface area contributed by atoms with Crippen molar-refractivity contribution in [1.29, 1.82) is 0 Å². The predicted octanol–water partition coefficient (Wildman–Crippen LogP) is 4.11. The summed E-state index contributed by atoms with van der Waals surface area (Å²) in [6.07, 6.45) is 16.1. The van der Waals surface area contributed by atoms with Crippen LogP contribution in [-0.4, -0.2) is 6.04 Å². The maximum atomic E-state index is 6.66. The summed E-state index contributed by atoms with van der Waals surface area (Å²) in [5, 5.41) is 0. The average molecular weight is 235 g/mol. The number of hydrogen-bond acceptors (Lipinski definition) is 1. The van der Waals surface area contributed by atoms with Crippen molar-refractivity contribution in [1.82, 2.24) is 0 Å². The zero-order valence-electron chi connectivity index (χ0n) is 11.2. The van der Waals surface area contributed by atoms with Crippen molar-refractivity contribution in [2.24, 2.45) is 29.4 Å². The molecule has 2 N–H and O–H groups in total. The minimum absolute atomic E-state index is 0.545. The van der Waals surface area contributed by atoms with Gasteiger partial charge in [0.2, 0.25) is 0 Å². The van der Waals surface area contributed by atoms with Gasteiger partial charge in [0.15, 0.2) is 0 Å². The molecule has 0 saturated heterocycles. The van der Waals surface area contributed by atoms with Crippen LogP contribution < -0.4 is 5.73 Å². The number of hydrogen-bond donors (Lipinski definition) is 1. The lowest BCUT2D eigenvalue weighted by Crippen LogP contribution is -2.40. The molecule has 4 unspecified atom stereocenters. The lowest BCUT2D eigenvalue weighted by atomic mass is 9.75. The van der Waals surface area contributed by atoms with E-state index in [2.05, 4.69) is 0 Å². The van der Waals surface area contributed by atoms with Crippen LogP contribution in [0.4, 0.5) is 0 Å². The monoisotopic (exact) mass is 235 g/mol. The van der Waals surface area contributed by atoms with Gasteiger partial charge < -0.3 is 5.73 Å². The van der Waals surface area contributed by atoms with Crippen LogP contribution in [0.2, 0.25) is 0 Å². The third-order valence-corrected chi connectivity index (χ3v) is 5.98. The van der Waals surface area contributed by atoms with Gasteiger partial charge in [-0.2, -0.15) is 0 Å². The SMILES string of the molecule is NC(C1CCCCCCC1)C1CC2CCC1C2. The quantitative estimate of drug-likeness (QED) is 0.766. The van der Waals surface area contributed by atoms with Crippen molar-refractivity contribution in [3.05, 3.63) is 0 Å². The van der Waals surface area contributed by atoms with E-state index in [9.17, 15) is 0 Å². The molecule has 2 bridgehead atoms. The maximum Gasteiger partial charge on any atom is 0.00983 e. The van der Waals surface area contributed by atoms with Gasteiger partial charge in [-0.1, -0.05) is 38.5 Å². The fourth-order valence-electron chi connectivity index (χ4n) is 4.99. The largest absolute Gasteiger partial charge is 0.327 e. The van der Waals surface area contributed by atoms with Crippen molar-refractivity contribution in [2.75, 3.05) is 0 Å². The summed E-state index contributed by atoms with van der Waals surface area (Å²) in [5.74, 6) is 3.84. The van der Waals surface area contributed by atoms with Crippen LogP contribution in [0.3, 0.4) is 0 Å². The van der Waals surface area contributed by atoms with E-state index in [1.54, 1.807) is 0 Å². The molecule has 0 aromatic rings. The molecule has 3 fully saturated rings. The Hall–Kier alpha value is -0.0400. The molecule has 0 amide bonds. The molecule has 17 heavy (non-hydrogen) atoms. The Bertz CT molecular complexity index is 242. The van der Waals surface area contributed by atoms with Crippen LogP contribution in [0.1, 0.15) is 70.6 Å². The summed E-state index contributed by atoms with van der Waals surface area (Å²) >= 11 is 0. The Morgan fingerprint density at radius 1 is 0.765 bits per heavy atom. The van der Waals surface area contributed by atoms with E-state index in [0.717, 1.165) is 23.7 Å². The highest BCUT2D eigenvalue weighted by molar-refractivity contribution is 4.96. The molecule has 98 valence electrons. The molecule has 0 spiro atoms. The molecule has 0 radical (unpaired) electrons. The zero-order chi connectivity index (χ0) is 11.7. The first-order chi connectivity index (χ1) is 8.34. The lowest BCUT2D eigenvalue weighted by Gasteiger charge is -2.34. The molecule has 3 rings (SSSR count). The molecule has 0 aromatic carbocycles. The molecular weight excluding hydrogens is 206 g/mol. The Balaban J connectivity index is 1.58. The summed E-state index contributed by atoms with van der Waals surface area (Å²) in [6.45, 7) is 0. The highest BCUT2D eigenvalue weighted by Crippen LogP contribution is 2.50. The molecule has 1 nitrogen and oxygen atoms in total. The van der Waals surface area contributed by atoms with Gasteiger partial charge in [0.25, 0.3) is 0 Å². The second-order valence-corrected chi connectivity index (χ2v) is 7.02. The second-order valence-electron chi connectivity index (χ2n) is 7.02. The molecule has 3 aliphatic carbocycles.